The summed E-state index contributed by atoms with van der Waals surface area (Å²) in [6, 6.07) is 15.0. The molecule has 0 spiro atoms. The third-order valence-electron chi connectivity index (χ3n) is 8.12. The lowest BCUT2D eigenvalue weighted by Gasteiger charge is -2.32. The zero-order valence-corrected chi connectivity index (χ0v) is 24.1. The summed E-state index contributed by atoms with van der Waals surface area (Å²) in [5, 5.41) is 13.8. The number of rotatable bonds is 6. The lowest BCUT2D eigenvalue weighted by Crippen LogP contribution is -2.39. The Bertz CT molecular complexity index is 1900. The van der Waals surface area contributed by atoms with Gasteiger partial charge < -0.3 is 16.0 Å². The number of nitrogens with zero attached hydrogens (tertiary/aromatic N) is 6. The largest absolute Gasteiger partial charge is 0.382 e. The van der Waals surface area contributed by atoms with E-state index < -0.39 is 0 Å². The van der Waals surface area contributed by atoms with Gasteiger partial charge in [0, 0.05) is 54.1 Å². The van der Waals surface area contributed by atoms with E-state index in [0.717, 1.165) is 24.2 Å². The quantitative estimate of drug-likeness (QED) is 0.268. The van der Waals surface area contributed by atoms with Crippen molar-refractivity contribution >= 4 is 40.3 Å². The molecule has 1 aliphatic carbocycles. The second-order valence-corrected chi connectivity index (χ2v) is 11.9. The van der Waals surface area contributed by atoms with E-state index in [4.69, 9.17) is 16.0 Å². The summed E-state index contributed by atoms with van der Waals surface area (Å²) in [6.45, 7) is 1.16. The van der Waals surface area contributed by atoms with Crippen molar-refractivity contribution in [3.8, 4) is 17.3 Å². The van der Waals surface area contributed by atoms with E-state index in [1.54, 1.807) is 36.0 Å². The Labute approximate surface area is 251 Å². The number of benzene rings is 1. The van der Waals surface area contributed by atoms with Gasteiger partial charge in [0.15, 0.2) is 0 Å². The van der Waals surface area contributed by atoms with Crippen LogP contribution < -0.4 is 11.1 Å². The van der Waals surface area contributed by atoms with Gasteiger partial charge in [0.1, 0.15) is 34.7 Å². The monoisotopic (exact) mass is 588 g/mol. The average molecular weight is 589 g/mol. The molecule has 11 heteroatoms. The van der Waals surface area contributed by atoms with E-state index in [1.165, 1.54) is 29.7 Å². The van der Waals surface area contributed by atoms with Crippen LogP contribution in [0.2, 0.25) is 0 Å². The standard InChI is InChI=1S/C32H28N8O2S/c33-16-19-14-25(43-18-19)32(42)39-12-1-2-24(17-39)30-38-27(28-29(34)36-11-13-40(28)30)21-5-7-22(8-6-21)31(41)37-26-15-23(9-10-35-26)20-3-4-20/h5-11,13-15,18,20,24H,1-4,12,17H2,(H2,34,36)(H,35,37,41). The number of pyridine rings is 1. The van der Waals surface area contributed by atoms with Crippen LogP contribution in [0.3, 0.4) is 0 Å². The summed E-state index contributed by atoms with van der Waals surface area (Å²) in [6.07, 6.45) is 9.30. The minimum Gasteiger partial charge on any atom is -0.382 e. The van der Waals surface area contributed by atoms with Crippen LogP contribution in [-0.4, -0.2) is 49.2 Å². The molecule has 1 aliphatic heterocycles. The average Bonchev–Trinajstić information content (AvgIpc) is 3.65. The predicted molar refractivity (Wildman–Crippen MR) is 164 cm³/mol. The van der Waals surface area contributed by atoms with E-state index >= 15 is 0 Å². The number of hydrogen-bond acceptors (Lipinski definition) is 8. The first kappa shape index (κ1) is 26.8. The van der Waals surface area contributed by atoms with E-state index in [2.05, 4.69) is 21.4 Å². The van der Waals surface area contributed by atoms with E-state index in [9.17, 15) is 9.59 Å². The van der Waals surface area contributed by atoms with Crippen molar-refractivity contribution in [1.82, 2.24) is 24.3 Å². The molecule has 2 fully saturated rings. The Morgan fingerprint density at radius 1 is 1.05 bits per heavy atom. The number of imidazole rings is 1. The molecule has 1 saturated heterocycles. The van der Waals surface area contributed by atoms with Gasteiger partial charge in [-0.2, -0.15) is 5.26 Å². The smallest absolute Gasteiger partial charge is 0.263 e. The summed E-state index contributed by atoms with van der Waals surface area (Å²) < 4.78 is 1.97. The van der Waals surface area contributed by atoms with Crippen molar-refractivity contribution in [2.75, 3.05) is 24.1 Å². The molecular weight excluding hydrogens is 560 g/mol. The lowest BCUT2D eigenvalue weighted by molar-refractivity contribution is 0.0709. The number of fused-ring (bicyclic) bond motifs is 1. The molecule has 1 atom stereocenters. The number of nitrogens with one attached hydrogen (secondary N) is 1. The summed E-state index contributed by atoms with van der Waals surface area (Å²) in [7, 11) is 0. The Kier molecular flexibility index (Phi) is 6.83. The highest BCUT2D eigenvalue weighted by atomic mass is 32.1. The molecule has 1 unspecified atom stereocenters. The van der Waals surface area contributed by atoms with Gasteiger partial charge in [0.25, 0.3) is 11.8 Å². The number of aromatic nitrogens is 4. The van der Waals surface area contributed by atoms with Crippen molar-refractivity contribution in [1.29, 1.82) is 5.26 Å². The highest BCUT2D eigenvalue weighted by molar-refractivity contribution is 7.12. The maximum Gasteiger partial charge on any atom is 0.263 e. The highest BCUT2D eigenvalue weighted by Gasteiger charge is 2.30. The van der Waals surface area contributed by atoms with E-state index in [0.29, 0.717) is 57.9 Å². The zero-order valence-electron chi connectivity index (χ0n) is 23.2. The van der Waals surface area contributed by atoms with Crippen molar-refractivity contribution in [2.24, 2.45) is 0 Å². The van der Waals surface area contributed by atoms with Crippen LogP contribution in [0.4, 0.5) is 11.6 Å². The molecular formula is C32H28N8O2S. The normalized spacial score (nSPS) is 16.6. The second kappa shape index (κ2) is 11.0. The van der Waals surface area contributed by atoms with Crippen molar-refractivity contribution in [3.05, 3.63) is 93.8 Å². The Hall–Kier alpha value is -5.08. The van der Waals surface area contributed by atoms with Gasteiger partial charge in [-0.25, -0.2) is 15.0 Å². The van der Waals surface area contributed by atoms with Gasteiger partial charge in [-0.05, 0) is 67.5 Å². The molecule has 0 bridgehead atoms. The lowest BCUT2D eigenvalue weighted by atomic mass is 9.97. The third kappa shape index (κ3) is 5.21. The molecule has 4 aromatic heterocycles. The summed E-state index contributed by atoms with van der Waals surface area (Å²) in [5.41, 5.74) is 10.8. The first-order valence-corrected chi connectivity index (χ1v) is 15.1. The molecule has 1 aromatic carbocycles. The van der Waals surface area contributed by atoms with E-state index in [-0.39, 0.29) is 17.7 Å². The molecule has 5 aromatic rings. The minimum absolute atomic E-state index is 0.0138. The summed E-state index contributed by atoms with van der Waals surface area (Å²) >= 11 is 1.30. The number of nitriles is 1. The number of carbonyl (C=O) groups excluding carboxylic acids is 2. The fourth-order valence-corrected chi connectivity index (χ4v) is 6.56. The van der Waals surface area contributed by atoms with Crippen molar-refractivity contribution in [2.45, 2.75) is 37.5 Å². The Morgan fingerprint density at radius 2 is 1.88 bits per heavy atom. The Morgan fingerprint density at radius 3 is 2.65 bits per heavy atom. The van der Waals surface area contributed by atoms with Gasteiger partial charge in [0.05, 0.1) is 10.4 Å². The molecule has 2 amide bonds. The number of amides is 2. The summed E-state index contributed by atoms with van der Waals surface area (Å²) in [5.74, 6) is 1.97. The maximum atomic E-state index is 13.2. The SMILES string of the molecule is N#Cc1csc(C(=O)N2CCCC(c3nc(-c4ccc(C(=O)Nc5cc(C6CC6)ccn5)cc4)c4c(N)nccn34)C2)c1. The first-order chi connectivity index (χ1) is 21.0. The van der Waals surface area contributed by atoms with Crippen molar-refractivity contribution < 1.29 is 9.59 Å². The van der Waals surface area contributed by atoms with Crippen LogP contribution in [-0.2, 0) is 0 Å². The molecule has 214 valence electrons. The number of piperidine rings is 1. The number of thiophene rings is 1. The molecule has 43 heavy (non-hydrogen) atoms. The van der Waals surface area contributed by atoms with Crippen molar-refractivity contribution in [3.63, 3.8) is 0 Å². The number of nitrogens with two attached hydrogens (primary N) is 1. The zero-order chi connectivity index (χ0) is 29.5. The predicted octanol–water partition coefficient (Wildman–Crippen LogP) is 5.46. The van der Waals surface area contributed by atoms with Gasteiger partial charge in [0.2, 0.25) is 0 Å². The van der Waals surface area contributed by atoms with Gasteiger partial charge in [-0.3, -0.25) is 14.0 Å². The fraction of sp³-hybridized carbons (Fsp3) is 0.250. The van der Waals surface area contributed by atoms with Gasteiger partial charge >= 0.3 is 0 Å². The molecule has 5 heterocycles. The highest BCUT2D eigenvalue weighted by Crippen LogP contribution is 2.40. The molecule has 1 saturated carbocycles. The van der Waals surface area contributed by atoms with Crippen LogP contribution in [0.25, 0.3) is 16.8 Å². The van der Waals surface area contributed by atoms with Gasteiger partial charge in [-0.1, -0.05) is 12.1 Å². The molecule has 10 nitrogen and oxygen atoms in total. The molecule has 3 N–H and O–H groups in total. The molecule has 0 radical (unpaired) electrons. The van der Waals surface area contributed by atoms with Crippen LogP contribution in [0.15, 0.2) is 66.4 Å². The second-order valence-electron chi connectivity index (χ2n) is 11.0. The number of nitrogen functional groups attached to an aromatic ring is 1. The summed E-state index contributed by atoms with van der Waals surface area (Å²) in [4.78, 5) is 42.3. The number of carbonyl (C=O) groups is 2. The van der Waals surface area contributed by atoms with Crippen LogP contribution in [0.1, 0.15) is 74.5 Å². The minimum atomic E-state index is -0.233. The topological polar surface area (TPSA) is 142 Å². The van der Waals surface area contributed by atoms with Crippen LogP contribution in [0.5, 0.6) is 0 Å². The third-order valence-corrected chi connectivity index (χ3v) is 9.04. The van der Waals surface area contributed by atoms with E-state index in [1.807, 2.05) is 39.8 Å². The Balaban J connectivity index is 1.14. The molecule has 2 aliphatic rings. The maximum absolute atomic E-state index is 13.2. The van der Waals surface area contributed by atoms with Crippen LogP contribution >= 0.6 is 11.3 Å². The number of likely N-dealkylation sites (tertiary alicyclic amines) is 1. The first-order valence-electron chi connectivity index (χ1n) is 14.3. The van der Waals surface area contributed by atoms with Gasteiger partial charge in [-0.15, -0.1) is 11.3 Å². The van der Waals surface area contributed by atoms with Crippen LogP contribution in [0, 0.1) is 11.3 Å². The number of hydrogen-bond donors (Lipinski definition) is 2. The molecule has 7 rings (SSSR count). The number of anilines is 2. The fourth-order valence-electron chi connectivity index (χ4n) is 5.77.